The molecule has 0 bridgehead atoms. The smallest absolute Gasteiger partial charge is 0.248 e. The van der Waals surface area contributed by atoms with Gasteiger partial charge in [-0.3, -0.25) is 4.79 Å². The SMILES string of the molecule is COC1CCCN(C(=O)COCCN)C1. The minimum absolute atomic E-state index is 0.0326. The first-order chi connectivity index (χ1) is 7.27. The number of likely N-dealkylation sites (tertiary alicyclic amines) is 1. The standard InChI is InChI=1S/C10H20N2O3/c1-14-9-3-2-5-12(7-9)10(13)8-15-6-4-11/h9H,2-8,11H2,1H3. The summed E-state index contributed by atoms with van der Waals surface area (Å²) >= 11 is 0. The van der Waals surface area contributed by atoms with Gasteiger partial charge in [-0.05, 0) is 12.8 Å². The number of methoxy groups -OCH3 is 1. The summed E-state index contributed by atoms with van der Waals surface area (Å²) in [5.74, 6) is 0.0326. The average molecular weight is 216 g/mol. The Kier molecular flexibility index (Phi) is 5.60. The number of carbonyl (C=O) groups is 1. The number of rotatable bonds is 5. The Labute approximate surface area is 90.5 Å². The van der Waals surface area contributed by atoms with E-state index in [1.807, 2.05) is 0 Å². The summed E-state index contributed by atoms with van der Waals surface area (Å²) in [6.45, 7) is 2.51. The van der Waals surface area contributed by atoms with E-state index in [4.69, 9.17) is 15.2 Å². The maximum atomic E-state index is 11.6. The minimum atomic E-state index is 0.0326. The van der Waals surface area contributed by atoms with Crippen molar-refractivity contribution in [1.29, 1.82) is 0 Å². The molecule has 0 aliphatic carbocycles. The van der Waals surface area contributed by atoms with Crippen molar-refractivity contribution in [2.45, 2.75) is 18.9 Å². The van der Waals surface area contributed by atoms with E-state index in [0.29, 0.717) is 19.7 Å². The second kappa shape index (κ2) is 6.76. The molecular formula is C10H20N2O3. The highest BCUT2D eigenvalue weighted by atomic mass is 16.5. The van der Waals surface area contributed by atoms with Gasteiger partial charge in [-0.2, -0.15) is 0 Å². The highest BCUT2D eigenvalue weighted by Gasteiger charge is 2.22. The van der Waals surface area contributed by atoms with E-state index in [1.54, 1.807) is 12.0 Å². The van der Waals surface area contributed by atoms with Crippen molar-refractivity contribution in [1.82, 2.24) is 4.90 Å². The van der Waals surface area contributed by atoms with Crippen molar-refractivity contribution in [2.75, 3.05) is 40.0 Å². The Morgan fingerprint density at radius 2 is 2.40 bits per heavy atom. The van der Waals surface area contributed by atoms with Crippen molar-refractivity contribution in [3.63, 3.8) is 0 Å². The largest absolute Gasteiger partial charge is 0.380 e. The van der Waals surface area contributed by atoms with Crippen LogP contribution < -0.4 is 5.73 Å². The molecule has 0 spiro atoms. The summed E-state index contributed by atoms with van der Waals surface area (Å²) < 4.78 is 10.4. The van der Waals surface area contributed by atoms with Crippen LogP contribution in [0.1, 0.15) is 12.8 Å². The number of hydrogen-bond donors (Lipinski definition) is 1. The molecule has 15 heavy (non-hydrogen) atoms. The Morgan fingerprint density at radius 1 is 1.60 bits per heavy atom. The van der Waals surface area contributed by atoms with Gasteiger partial charge in [0.15, 0.2) is 0 Å². The molecule has 0 radical (unpaired) electrons. The van der Waals surface area contributed by atoms with Gasteiger partial charge < -0.3 is 20.1 Å². The summed E-state index contributed by atoms with van der Waals surface area (Å²) in [5.41, 5.74) is 5.27. The van der Waals surface area contributed by atoms with Gasteiger partial charge in [0, 0.05) is 26.7 Å². The Morgan fingerprint density at radius 3 is 3.07 bits per heavy atom. The molecular weight excluding hydrogens is 196 g/mol. The van der Waals surface area contributed by atoms with Crippen LogP contribution in [0.25, 0.3) is 0 Å². The fraction of sp³-hybridized carbons (Fsp3) is 0.900. The number of ether oxygens (including phenoxy) is 2. The molecule has 0 aromatic rings. The normalized spacial score (nSPS) is 21.7. The maximum absolute atomic E-state index is 11.6. The van der Waals surface area contributed by atoms with E-state index < -0.39 is 0 Å². The van der Waals surface area contributed by atoms with Gasteiger partial charge in [-0.25, -0.2) is 0 Å². The predicted octanol–water partition coefficient (Wildman–Crippen LogP) is -0.401. The number of nitrogens with zero attached hydrogens (tertiary/aromatic N) is 1. The molecule has 0 aromatic heterocycles. The molecule has 5 nitrogen and oxygen atoms in total. The molecule has 0 aromatic carbocycles. The van der Waals surface area contributed by atoms with Crippen molar-refractivity contribution in [2.24, 2.45) is 5.73 Å². The highest BCUT2D eigenvalue weighted by molar-refractivity contribution is 5.77. The molecule has 1 amide bonds. The van der Waals surface area contributed by atoms with Crippen molar-refractivity contribution in [3.8, 4) is 0 Å². The average Bonchev–Trinajstić information content (AvgIpc) is 2.29. The fourth-order valence-electron chi connectivity index (χ4n) is 1.69. The summed E-state index contributed by atoms with van der Waals surface area (Å²) in [5, 5.41) is 0. The van der Waals surface area contributed by atoms with Crippen LogP contribution in [0.5, 0.6) is 0 Å². The van der Waals surface area contributed by atoms with Crippen LogP contribution in [0.2, 0.25) is 0 Å². The zero-order valence-corrected chi connectivity index (χ0v) is 9.28. The van der Waals surface area contributed by atoms with Crippen LogP contribution in [-0.4, -0.2) is 56.9 Å². The molecule has 1 aliphatic heterocycles. The van der Waals surface area contributed by atoms with Gasteiger partial charge in [0.25, 0.3) is 0 Å². The lowest BCUT2D eigenvalue weighted by molar-refractivity contribution is -0.139. The van der Waals surface area contributed by atoms with E-state index in [2.05, 4.69) is 0 Å². The number of piperidine rings is 1. The second-order valence-corrected chi connectivity index (χ2v) is 3.68. The number of hydrogen-bond acceptors (Lipinski definition) is 4. The molecule has 1 unspecified atom stereocenters. The van der Waals surface area contributed by atoms with Gasteiger partial charge in [0.2, 0.25) is 5.91 Å². The van der Waals surface area contributed by atoms with E-state index in [0.717, 1.165) is 19.4 Å². The first kappa shape index (κ1) is 12.4. The predicted molar refractivity (Wildman–Crippen MR) is 56.5 cm³/mol. The zero-order chi connectivity index (χ0) is 11.1. The first-order valence-corrected chi connectivity index (χ1v) is 5.36. The van der Waals surface area contributed by atoms with Crippen molar-refractivity contribution < 1.29 is 14.3 Å². The molecule has 0 saturated carbocycles. The van der Waals surface area contributed by atoms with Gasteiger partial charge in [0.1, 0.15) is 6.61 Å². The second-order valence-electron chi connectivity index (χ2n) is 3.68. The van der Waals surface area contributed by atoms with Crippen LogP contribution >= 0.6 is 0 Å². The van der Waals surface area contributed by atoms with Crippen LogP contribution in [0, 0.1) is 0 Å². The molecule has 1 rings (SSSR count). The summed E-state index contributed by atoms with van der Waals surface area (Å²) in [7, 11) is 1.68. The van der Waals surface area contributed by atoms with E-state index >= 15 is 0 Å². The third-order valence-corrected chi connectivity index (χ3v) is 2.55. The third-order valence-electron chi connectivity index (χ3n) is 2.55. The van der Waals surface area contributed by atoms with Gasteiger partial charge in [-0.15, -0.1) is 0 Å². The van der Waals surface area contributed by atoms with Crippen LogP contribution in [0.4, 0.5) is 0 Å². The van der Waals surface area contributed by atoms with Gasteiger partial charge >= 0.3 is 0 Å². The molecule has 1 atom stereocenters. The Bertz CT molecular complexity index is 199. The number of carbonyl (C=O) groups excluding carboxylic acids is 1. The van der Waals surface area contributed by atoms with Gasteiger partial charge in [-0.1, -0.05) is 0 Å². The Hall–Kier alpha value is -0.650. The highest BCUT2D eigenvalue weighted by Crippen LogP contribution is 2.12. The summed E-state index contributed by atoms with van der Waals surface area (Å²) in [6, 6.07) is 0. The summed E-state index contributed by atoms with van der Waals surface area (Å²) in [6.07, 6.45) is 2.21. The molecule has 88 valence electrons. The zero-order valence-electron chi connectivity index (χ0n) is 9.28. The van der Waals surface area contributed by atoms with Crippen LogP contribution in [0.15, 0.2) is 0 Å². The number of nitrogens with two attached hydrogens (primary N) is 1. The van der Waals surface area contributed by atoms with Crippen molar-refractivity contribution >= 4 is 5.91 Å². The molecule has 2 N–H and O–H groups in total. The van der Waals surface area contributed by atoms with Crippen molar-refractivity contribution in [3.05, 3.63) is 0 Å². The lowest BCUT2D eigenvalue weighted by Crippen LogP contribution is -2.44. The molecule has 5 heteroatoms. The Balaban J connectivity index is 2.25. The summed E-state index contributed by atoms with van der Waals surface area (Å²) in [4.78, 5) is 13.4. The topological polar surface area (TPSA) is 64.8 Å². The lowest BCUT2D eigenvalue weighted by Gasteiger charge is -2.31. The maximum Gasteiger partial charge on any atom is 0.248 e. The lowest BCUT2D eigenvalue weighted by atomic mass is 10.1. The third kappa shape index (κ3) is 4.15. The van der Waals surface area contributed by atoms with Crippen LogP contribution in [0.3, 0.4) is 0 Å². The molecule has 1 heterocycles. The van der Waals surface area contributed by atoms with E-state index in [9.17, 15) is 4.79 Å². The van der Waals surface area contributed by atoms with E-state index in [1.165, 1.54) is 0 Å². The van der Waals surface area contributed by atoms with E-state index in [-0.39, 0.29) is 18.6 Å². The molecule has 1 saturated heterocycles. The van der Waals surface area contributed by atoms with Crippen LogP contribution in [-0.2, 0) is 14.3 Å². The fourth-order valence-corrected chi connectivity index (χ4v) is 1.69. The number of amides is 1. The molecule has 1 fully saturated rings. The minimum Gasteiger partial charge on any atom is -0.380 e. The molecule has 1 aliphatic rings. The first-order valence-electron chi connectivity index (χ1n) is 5.36. The quantitative estimate of drug-likeness (QED) is 0.635. The monoisotopic (exact) mass is 216 g/mol. The van der Waals surface area contributed by atoms with Gasteiger partial charge in [0.05, 0.1) is 12.7 Å².